The van der Waals surface area contributed by atoms with Gasteiger partial charge in [0.25, 0.3) is 0 Å². The van der Waals surface area contributed by atoms with Crippen molar-refractivity contribution >= 4 is 23.9 Å². The predicted octanol–water partition coefficient (Wildman–Crippen LogP) is 0.294. The van der Waals surface area contributed by atoms with Crippen molar-refractivity contribution in [3.05, 3.63) is 0 Å². The number of hydrogen-bond acceptors (Lipinski definition) is 6. The molecule has 0 N–H and O–H groups in total. The summed E-state index contributed by atoms with van der Waals surface area (Å²) in [5, 5.41) is 0. The molecule has 2 aliphatic heterocycles. The third-order valence-electron chi connectivity index (χ3n) is 6.59. The van der Waals surface area contributed by atoms with Crippen molar-refractivity contribution in [2.75, 3.05) is 0 Å². The summed E-state index contributed by atoms with van der Waals surface area (Å²) in [6.07, 6.45) is 2.09. The first-order valence-electron chi connectivity index (χ1n) is 7.57. The topological polar surface area (TPSA) is 86.7 Å². The van der Waals surface area contributed by atoms with Crippen LogP contribution in [-0.2, 0) is 28.7 Å². The Morgan fingerprint density at radius 3 is 1.48 bits per heavy atom. The number of rotatable bonds is 0. The molecule has 2 heterocycles. The first-order valence-corrected chi connectivity index (χ1v) is 7.57. The fraction of sp³-hybridized carbons (Fsp3) is 0.733. The van der Waals surface area contributed by atoms with Crippen molar-refractivity contribution in [2.45, 2.75) is 19.3 Å². The van der Waals surface area contributed by atoms with Crippen LogP contribution in [0.3, 0.4) is 0 Å². The molecular formula is C15H14O6. The van der Waals surface area contributed by atoms with E-state index in [0.717, 1.165) is 6.42 Å². The van der Waals surface area contributed by atoms with E-state index in [4.69, 9.17) is 9.47 Å². The van der Waals surface area contributed by atoms with Gasteiger partial charge in [-0.1, -0.05) is 0 Å². The van der Waals surface area contributed by atoms with E-state index in [2.05, 4.69) is 0 Å². The average Bonchev–Trinajstić information content (AvgIpc) is 3.13. The summed E-state index contributed by atoms with van der Waals surface area (Å²) >= 11 is 0. The fourth-order valence-corrected chi connectivity index (χ4v) is 5.92. The molecule has 0 spiro atoms. The highest BCUT2D eigenvalue weighted by atomic mass is 16.6. The zero-order valence-electron chi connectivity index (χ0n) is 11.2. The zero-order valence-corrected chi connectivity index (χ0v) is 11.2. The molecule has 0 amide bonds. The molecule has 2 saturated heterocycles. The minimum atomic E-state index is -0.409. The Labute approximate surface area is 120 Å². The SMILES string of the molecule is O=C1OC(=O)[C@H]2[C@@H]1[C@H]1C[C@@H]2C2C[C@H]3C(=O)OC(=O)[C@H]3CC21. The minimum absolute atomic E-state index is 0.133. The molecule has 6 heteroatoms. The van der Waals surface area contributed by atoms with E-state index >= 15 is 0 Å². The summed E-state index contributed by atoms with van der Waals surface area (Å²) in [4.78, 5) is 47.3. The standard InChI is InChI=1S/C15H14O6/c16-12-8-1-4-5(2-9(8)13(17)20-12)7-3-6(4)10-11(7)15(19)21-14(10)18/h4-11H,1-3H2/t4?,5?,6-,7+,8-,9+,10-,11+. The molecule has 5 rings (SSSR count). The third-order valence-corrected chi connectivity index (χ3v) is 6.59. The van der Waals surface area contributed by atoms with Crippen molar-refractivity contribution in [3.63, 3.8) is 0 Å². The van der Waals surface area contributed by atoms with Gasteiger partial charge in [-0.15, -0.1) is 0 Å². The molecule has 2 unspecified atom stereocenters. The van der Waals surface area contributed by atoms with Crippen LogP contribution in [0.2, 0.25) is 0 Å². The predicted molar refractivity (Wildman–Crippen MR) is 64.0 cm³/mol. The van der Waals surface area contributed by atoms with E-state index < -0.39 is 11.9 Å². The van der Waals surface area contributed by atoms with Crippen LogP contribution in [-0.4, -0.2) is 23.9 Å². The van der Waals surface area contributed by atoms with E-state index in [1.54, 1.807) is 0 Å². The quantitative estimate of drug-likeness (QED) is 0.471. The summed E-state index contributed by atoms with van der Waals surface area (Å²) < 4.78 is 9.58. The Bertz CT molecular complexity index is 559. The molecule has 3 aliphatic carbocycles. The monoisotopic (exact) mass is 290 g/mol. The van der Waals surface area contributed by atoms with Crippen LogP contribution in [0.1, 0.15) is 19.3 Å². The maximum absolute atomic E-state index is 11.9. The van der Waals surface area contributed by atoms with Crippen molar-refractivity contribution in [3.8, 4) is 0 Å². The second-order valence-corrected chi connectivity index (χ2v) is 7.11. The number of ether oxygens (including phenoxy) is 2. The molecule has 21 heavy (non-hydrogen) atoms. The number of fused-ring (bicyclic) bond motifs is 9. The van der Waals surface area contributed by atoms with Gasteiger partial charge in [-0.25, -0.2) is 0 Å². The van der Waals surface area contributed by atoms with Gasteiger partial charge in [-0.3, -0.25) is 19.2 Å². The van der Waals surface area contributed by atoms with Crippen LogP contribution in [0.25, 0.3) is 0 Å². The maximum Gasteiger partial charge on any atom is 0.317 e. The van der Waals surface area contributed by atoms with Crippen LogP contribution in [0.4, 0.5) is 0 Å². The Morgan fingerprint density at radius 2 is 1.00 bits per heavy atom. The smallest absolute Gasteiger partial charge is 0.317 e. The lowest BCUT2D eigenvalue weighted by Gasteiger charge is -2.41. The molecule has 8 atom stereocenters. The first kappa shape index (κ1) is 11.9. The Hall–Kier alpha value is -1.72. The molecule has 0 aromatic rings. The Balaban J connectivity index is 1.51. The molecular weight excluding hydrogens is 276 g/mol. The fourth-order valence-electron chi connectivity index (χ4n) is 5.92. The summed E-state index contributed by atoms with van der Waals surface area (Å²) in [7, 11) is 0. The van der Waals surface area contributed by atoms with Gasteiger partial charge in [-0.2, -0.15) is 0 Å². The molecule has 0 radical (unpaired) electrons. The van der Waals surface area contributed by atoms with Crippen LogP contribution >= 0.6 is 0 Å². The van der Waals surface area contributed by atoms with Crippen LogP contribution in [0.5, 0.6) is 0 Å². The summed E-state index contributed by atoms with van der Waals surface area (Å²) in [5.41, 5.74) is 0. The van der Waals surface area contributed by atoms with Gasteiger partial charge < -0.3 is 9.47 Å². The highest BCUT2D eigenvalue weighted by Crippen LogP contribution is 2.66. The zero-order chi connectivity index (χ0) is 14.5. The molecule has 5 fully saturated rings. The summed E-state index contributed by atoms with van der Waals surface area (Å²) in [5.74, 6) is -2.14. The van der Waals surface area contributed by atoms with Crippen LogP contribution in [0.15, 0.2) is 0 Å². The van der Waals surface area contributed by atoms with E-state index in [1.165, 1.54) is 0 Å². The van der Waals surface area contributed by atoms with Gasteiger partial charge in [0.2, 0.25) is 0 Å². The molecule has 0 aromatic carbocycles. The van der Waals surface area contributed by atoms with Crippen molar-refractivity contribution < 1.29 is 28.7 Å². The Morgan fingerprint density at radius 1 is 0.571 bits per heavy atom. The summed E-state index contributed by atoms with van der Waals surface area (Å²) in [6.45, 7) is 0. The second-order valence-electron chi connectivity index (χ2n) is 7.11. The van der Waals surface area contributed by atoms with Crippen molar-refractivity contribution in [1.82, 2.24) is 0 Å². The number of carbonyl (C=O) groups excluding carboxylic acids is 4. The average molecular weight is 290 g/mol. The van der Waals surface area contributed by atoms with Gasteiger partial charge in [0.15, 0.2) is 0 Å². The largest absolute Gasteiger partial charge is 0.393 e. The van der Waals surface area contributed by atoms with Gasteiger partial charge in [0.05, 0.1) is 23.7 Å². The lowest BCUT2D eigenvalue weighted by atomic mass is 9.59. The van der Waals surface area contributed by atoms with E-state index in [-0.39, 0.29) is 59.3 Å². The number of carbonyl (C=O) groups is 4. The number of hydrogen-bond donors (Lipinski definition) is 0. The molecule has 6 nitrogen and oxygen atoms in total. The van der Waals surface area contributed by atoms with Crippen molar-refractivity contribution in [1.29, 1.82) is 0 Å². The Kier molecular flexibility index (Phi) is 2.00. The van der Waals surface area contributed by atoms with Gasteiger partial charge >= 0.3 is 23.9 Å². The molecule has 5 aliphatic rings. The maximum atomic E-state index is 11.9. The number of esters is 4. The van der Waals surface area contributed by atoms with Crippen molar-refractivity contribution in [2.24, 2.45) is 47.3 Å². The highest BCUT2D eigenvalue weighted by Gasteiger charge is 2.69. The van der Waals surface area contributed by atoms with Crippen LogP contribution in [0, 0.1) is 47.3 Å². The lowest BCUT2D eigenvalue weighted by molar-refractivity contribution is -0.155. The van der Waals surface area contributed by atoms with E-state index in [9.17, 15) is 19.2 Å². The van der Waals surface area contributed by atoms with Gasteiger partial charge in [0, 0.05) is 0 Å². The summed E-state index contributed by atoms with van der Waals surface area (Å²) in [6, 6.07) is 0. The molecule has 3 saturated carbocycles. The number of cyclic esters (lactones) is 4. The minimum Gasteiger partial charge on any atom is -0.393 e. The van der Waals surface area contributed by atoms with Gasteiger partial charge in [-0.05, 0) is 42.9 Å². The molecule has 110 valence electrons. The first-order chi connectivity index (χ1) is 10.1. The third kappa shape index (κ3) is 1.25. The normalized spacial score (nSPS) is 53.3. The lowest BCUT2D eigenvalue weighted by Crippen LogP contribution is -2.43. The second kappa shape index (κ2) is 3.54. The van der Waals surface area contributed by atoms with Gasteiger partial charge in [0.1, 0.15) is 0 Å². The van der Waals surface area contributed by atoms with E-state index in [0.29, 0.717) is 12.8 Å². The van der Waals surface area contributed by atoms with Crippen LogP contribution < -0.4 is 0 Å². The highest BCUT2D eigenvalue weighted by molar-refractivity contribution is 5.98. The van der Waals surface area contributed by atoms with E-state index in [1.807, 2.05) is 0 Å². The molecule has 2 bridgehead atoms. The molecule has 0 aromatic heterocycles.